The van der Waals surface area contributed by atoms with E-state index in [1.165, 1.54) is 6.42 Å². The van der Waals surface area contributed by atoms with E-state index in [9.17, 15) is 5.11 Å². The van der Waals surface area contributed by atoms with Crippen LogP contribution in [0, 0.1) is 5.92 Å². The van der Waals surface area contributed by atoms with Gasteiger partial charge in [0.05, 0.1) is 5.60 Å². The van der Waals surface area contributed by atoms with Crippen molar-refractivity contribution in [3.8, 4) is 0 Å². The number of nitrogens with one attached hydrogen (secondary N) is 1. The molecule has 3 heteroatoms. The van der Waals surface area contributed by atoms with Gasteiger partial charge in [-0.15, -0.1) is 0 Å². The summed E-state index contributed by atoms with van der Waals surface area (Å²) in [6.07, 6.45) is 7.49. The van der Waals surface area contributed by atoms with E-state index in [1.54, 1.807) is 0 Å². The zero-order valence-electron chi connectivity index (χ0n) is 11.1. The van der Waals surface area contributed by atoms with Crippen molar-refractivity contribution in [3.63, 3.8) is 0 Å². The van der Waals surface area contributed by atoms with Crippen LogP contribution >= 0.6 is 0 Å². The Morgan fingerprint density at radius 2 is 1.82 bits per heavy atom. The molecule has 0 bridgehead atoms. The highest BCUT2D eigenvalue weighted by molar-refractivity contribution is 4.93. The van der Waals surface area contributed by atoms with Gasteiger partial charge in [0.15, 0.2) is 0 Å². The van der Waals surface area contributed by atoms with E-state index < -0.39 is 5.60 Å². The fourth-order valence-electron chi connectivity index (χ4n) is 3.31. The molecule has 1 saturated heterocycles. The average Bonchev–Trinajstić information content (AvgIpc) is 2.39. The fourth-order valence-corrected chi connectivity index (χ4v) is 3.31. The molecule has 0 spiro atoms. The predicted octanol–water partition coefficient (Wildman–Crippen LogP) is 2.09. The lowest BCUT2D eigenvalue weighted by atomic mass is 9.71. The molecule has 1 aliphatic heterocycles. The first kappa shape index (κ1) is 13.3. The zero-order valence-corrected chi connectivity index (χ0v) is 11.1. The summed E-state index contributed by atoms with van der Waals surface area (Å²) in [4.78, 5) is 0. The summed E-state index contributed by atoms with van der Waals surface area (Å²) in [5.41, 5.74) is -0.395. The summed E-state index contributed by atoms with van der Waals surface area (Å²) in [7, 11) is 0. The molecule has 0 atom stereocenters. The van der Waals surface area contributed by atoms with Gasteiger partial charge >= 0.3 is 0 Å². The minimum absolute atomic E-state index is 0.395. The van der Waals surface area contributed by atoms with Gasteiger partial charge < -0.3 is 15.2 Å². The highest BCUT2D eigenvalue weighted by Crippen LogP contribution is 2.39. The zero-order chi connectivity index (χ0) is 12.1. The number of aliphatic hydroxyl groups is 1. The molecule has 1 heterocycles. The molecule has 100 valence electrons. The van der Waals surface area contributed by atoms with Crippen molar-refractivity contribution < 1.29 is 9.84 Å². The van der Waals surface area contributed by atoms with Crippen molar-refractivity contribution in [2.75, 3.05) is 19.8 Å². The second kappa shape index (κ2) is 6.17. The standard InChI is InChI=1S/C14H27NO2/c1-2-9-15-13-3-7-14(16,8-4-13)12-5-10-17-11-6-12/h12-13,15-16H,2-11H2,1H3. The number of hydrogen-bond donors (Lipinski definition) is 2. The molecule has 1 saturated carbocycles. The van der Waals surface area contributed by atoms with Gasteiger partial charge in [0.1, 0.15) is 0 Å². The highest BCUT2D eigenvalue weighted by Gasteiger charge is 2.40. The first-order valence-corrected chi connectivity index (χ1v) is 7.28. The molecular weight excluding hydrogens is 214 g/mol. The van der Waals surface area contributed by atoms with Crippen LogP contribution in [0.25, 0.3) is 0 Å². The maximum atomic E-state index is 10.8. The molecule has 0 amide bonds. The topological polar surface area (TPSA) is 41.5 Å². The fraction of sp³-hybridized carbons (Fsp3) is 1.00. The first-order valence-electron chi connectivity index (χ1n) is 7.28. The van der Waals surface area contributed by atoms with Crippen molar-refractivity contribution in [1.82, 2.24) is 5.32 Å². The van der Waals surface area contributed by atoms with Crippen LogP contribution in [-0.2, 0) is 4.74 Å². The maximum absolute atomic E-state index is 10.8. The summed E-state index contributed by atoms with van der Waals surface area (Å²) < 4.78 is 5.39. The van der Waals surface area contributed by atoms with E-state index in [0.29, 0.717) is 12.0 Å². The molecular formula is C14H27NO2. The second-order valence-corrected chi connectivity index (χ2v) is 5.72. The molecule has 1 aliphatic carbocycles. The van der Waals surface area contributed by atoms with Crippen LogP contribution in [0.1, 0.15) is 51.9 Å². The predicted molar refractivity (Wildman–Crippen MR) is 69.0 cm³/mol. The van der Waals surface area contributed by atoms with E-state index in [-0.39, 0.29) is 0 Å². The van der Waals surface area contributed by atoms with Gasteiger partial charge in [-0.1, -0.05) is 6.92 Å². The van der Waals surface area contributed by atoms with Gasteiger partial charge in [0.25, 0.3) is 0 Å². The third-order valence-corrected chi connectivity index (χ3v) is 4.52. The Bertz CT molecular complexity index is 218. The summed E-state index contributed by atoms with van der Waals surface area (Å²) in [6, 6.07) is 0.634. The molecule has 0 aromatic heterocycles. The molecule has 3 nitrogen and oxygen atoms in total. The lowest BCUT2D eigenvalue weighted by Crippen LogP contribution is -2.47. The minimum Gasteiger partial charge on any atom is -0.390 e. The van der Waals surface area contributed by atoms with Gasteiger partial charge in [-0.3, -0.25) is 0 Å². The molecule has 2 aliphatic rings. The molecule has 0 aromatic rings. The Morgan fingerprint density at radius 1 is 1.18 bits per heavy atom. The van der Waals surface area contributed by atoms with Gasteiger partial charge in [-0.2, -0.15) is 0 Å². The Kier molecular flexibility index (Phi) is 4.83. The third-order valence-electron chi connectivity index (χ3n) is 4.52. The van der Waals surface area contributed by atoms with Gasteiger partial charge in [-0.25, -0.2) is 0 Å². The van der Waals surface area contributed by atoms with E-state index in [1.807, 2.05) is 0 Å². The SMILES string of the molecule is CCCNC1CCC(O)(C2CCOCC2)CC1. The van der Waals surface area contributed by atoms with Gasteiger partial charge in [0.2, 0.25) is 0 Å². The van der Waals surface area contributed by atoms with Crippen LogP contribution in [0.3, 0.4) is 0 Å². The Hall–Kier alpha value is -0.120. The van der Waals surface area contributed by atoms with Crippen LogP contribution < -0.4 is 5.32 Å². The van der Waals surface area contributed by atoms with E-state index in [2.05, 4.69) is 12.2 Å². The van der Waals surface area contributed by atoms with Gasteiger partial charge in [0, 0.05) is 19.3 Å². The Balaban J connectivity index is 1.79. The third kappa shape index (κ3) is 3.43. The van der Waals surface area contributed by atoms with Crippen molar-refractivity contribution in [2.24, 2.45) is 5.92 Å². The summed E-state index contributed by atoms with van der Waals surface area (Å²) in [5.74, 6) is 0.475. The molecule has 0 unspecified atom stereocenters. The van der Waals surface area contributed by atoms with Crippen LogP contribution in [0.4, 0.5) is 0 Å². The monoisotopic (exact) mass is 241 g/mol. The summed E-state index contributed by atoms with van der Waals surface area (Å²) in [5, 5.41) is 14.3. The quantitative estimate of drug-likeness (QED) is 0.792. The van der Waals surface area contributed by atoms with Crippen LogP contribution in [0.15, 0.2) is 0 Å². The summed E-state index contributed by atoms with van der Waals surface area (Å²) >= 11 is 0. The van der Waals surface area contributed by atoms with Crippen molar-refractivity contribution in [2.45, 2.75) is 63.5 Å². The van der Waals surface area contributed by atoms with Crippen molar-refractivity contribution in [1.29, 1.82) is 0 Å². The van der Waals surface area contributed by atoms with Gasteiger partial charge in [-0.05, 0) is 57.4 Å². The van der Waals surface area contributed by atoms with E-state index in [0.717, 1.165) is 58.3 Å². The lowest BCUT2D eigenvalue weighted by Gasteiger charge is -2.43. The second-order valence-electron chi connectivity index (χ2n) is 5.72. The lowest BCUT2D eigenvalue weighted by molar-refractivity contribution is -0.0899. The maximum Gasteiger partial charge on any atom is 0.0678 e. The van der Waals surface area contributed by atoms with E-state index in [4.69, 9.17) is 4.74 Å². The first-order chi connectivity index (χ1) is 8.24. The van der Waals surface area contributed by atoms with Crippen molar-refractivity contribution >= 4 is 0 Å². The average molecular weight is 241 g/mol. The molecule has 2 rings (SSSR count). The number of rotatable bonds is 4. The molecule has 2 N–H and O–H groups in total. The summed E-state index contributed by atoms with van der Waals surface area (Å²) in [6.45, 7) is 4.99. The Morgan fingerprint density at radius 3 is 2.41 bits per heavy atom. The largest absolute Gasteiger partial charge is 0.390 e. The number of hydrogen-bond acceptors (Lipinski definition) is 3. The normalized spacial score (nSPS) is 36.0. The van der Waals surface area contributed by atoms with E-state index >= 15 is 0 Å². The highest BCUT2D eigenvalue weighted by atomic mass is 16.5. The molecule has 2 fully saturated rings. The van der Waals surface area contributed by atoms with Crippen LogP contribution in [0.5, 0.6) is 0 Å². The van der Waals surface area contributed by atoms with Crippen LogP contribution in [-0.4, -0.2) is 36.5 Å². The Labute approximate surface area is 105 Å². The molecule has 17 heavy (non-hydrogen) atoms. The van der Waals surface area contributed by atoms with Crippen molar-refractivity contribution in [3.05, 3.63) is 0 Å². The molecule has 0 aromatic carbocycles. The number of ether oxygens (including phenoxy) is 1. The molecule has 0 radical (unpaired) electrons. The minimum atomic E-state index is -0.395. The van der Waals surface area contributed by atoms with Crippen LogP contribution in [0.2, 0.25) is 0 Å². The smallest absolute Gasteiger partial charge is 0.0678 e.